The largest absolute Gasteiger partial charge is 0.494 e. The summed E-state index contributed by atoms with van der Waals surface area (Å²) in [5.74, 6) is 0.101. The molecule has 10 heteroatoms. The second-order valence-electron chi connectivity index (χ2n) is 10.9. The van der Waals surface area contributed by atoms with Crippen LogP contribution < -0.4 is 20.5 Å². The van der Waals surface area contributed by atoms with Crippen LogP contribution in [-0.2, 0) is 11.1 Å². The van der Waals surface area contributed by atoms with E-state index in [9.17, 15) is 14.3 Å². The second kappa shape index (κ2) is 9.50. The van der Waals surface area contributed by atoms with Gasteiger partial charge >= 0.3 is 0 Å². The van der Waals surface area contributed by atoms with Crippen molar-refractivity contribution in [3.8, 4) is 22.8 Å². The number of fused-ring (bicyclic) bond motifs is 2. The molecule has 206 valence electrons. The molecule has 6 rings (SSSR count). The Morgan fingerprint density at radius 3 is 2.67 bits per heavy atom. The van der Waals surface area contributed by atoms with E-state index in [1.165, 1.54) is 19.2 Å². The highest BCUT2D eigenvalue weighted by atomic mass is 19.1. The molecule has 1 saturated carbocycles. The van der Waals surface area contributed by atoms with Crippen LogP contribution in [0.5, 0.6) is 11.5 Å². The van der Waals surface area contributed by atoms with E-state index < -0.39 is 11.1 Å². The Balaban J connectivity index is 1.36. The molecule has 40 heavy (non-hydrogen) atoms. The maximum Gasteiger partial charge on any atom is 0.251 e. The first-order valence-electron chi connectivity index (χ1n) is 13.2. The highest BCUT2D eigenvalue weighted by molar-refractivity contribution is 5.99. The number of methoxy groups -OCH3 is 1. The Bertz CT molecular complexity index is 1640. The third-order valence-electron chi connectivity index (χ3n) is 7.70. The highest BCUT2D eigenvalue weighted by Crippen LogP contribution is 2.49. The van der Waals surface area contributed by atoms with Crippen LogP contribution in [0.2, 0.25) is 0 Å². The van der Waals surface area contributed by atoms with Crippen LogP contribution in [-0.4, -0.2) is 46.5 Å². The molecule has 0 saturated heterocycles. The average molecular weight is 544 g/mol. The fourth-order valence-electron chi connectivity index (χ4n) is 5.27. The van der Waals surface area contributed by atoms with Crippen molar-refractivity contribution >= 4 is 16.8 Å². The van der Waals surface area contributed by atoms with Crippen LogP contribution in [0.25, 0.3) is 22.2 Å². The zero-order chi connectivity index (χ0) is 28.2. The van der Waals surface area contributed by atoms with Gasteiger partial charge in [0, 0.05) is 22.1 Å². The van der Waals surface area contributed by atoms with Gasteiger partial charge in [-0.1, -0.05) is 0 Å². The number of nitrogens with two attached hydrogens (primary N) is 1. The van der Waals surface area contributed by atoms with Crippen molar-refractivity contribution in [2.45, 2.75) is 37.8 Å². The number of rotatable bonds is 7. The summed E-state index contributed by atoms with van der Waals surface area (Å²) in [6.45, 7) is 3.85. The minimum Gasteiger partial charge on any atom is -0.494 e. The molecule has 0 radical (unpaired) electrons. The van der Waals surface area contributed by atoms with Gasteiger partial charge in [0.05, 0.1) is 30.6 Å². The maximum atomic E-state index is 13.7. The Kier molecular flexibility index (Phi) is 6.19. The number of pyridine rings is 1. The molecular formula is C30H30FN5O4. The fourth-order valence-corrected chi connectivity index (χ4v) is 5.27. The third-order valence-corrected chi connectivity index (χ3v) is 7.70. The van der Waals surface area contributed by atoms with Crippen molar-refractivity contribution < 1.29 is 23.8 Å². The Morgan fingerprint density at radius 1 is 1.23 bits per heavy atom. The Morgan fingerprint density at radius 2 is 1.98 bits per heavy atom. The number of hydrogen-bond donors (Lipinski definition) is 3. The van der Waals surface area contributed by atoms with Gasteiger partial charge in [0.2, 0.25) is 0 Å². The molecule has 4 aromatic rings. The minimum atomic E-state index is -1.46. The van der Waals surface area contributed by atoms with E-state index in [1.54, 1.807) is 30.3 Å². The summed E-state index contributed by atoms with van der Waals surface area (Å²) in [6.07, 6.45) is 1.57. The number of nitrogens with zero attached hydrogens (tertiary/aromatic N) is 3. The number of carbonyl (C=O) groups is 1. The van der Waals surface area contributed by atoms with Gasteiger partial charge in [0.25, 0.3) is 5.91 Å². The van der Waals surface area contributed by atoms with Crippen LogP contribution in [0.3, 0.4) is 0 Å². The molecule has 0 unspecified atom stereocenters. The van der Waals surface area contributed by atoms with Crippen molar-refractivity contribution in [3.63, 3.8) is 0 Å². The SMILES string of the molecule is COc1cc(C(=O)NC[C@](O)(c2cc3c(c(-c4ccc(F)cc4)n2)OC[C@]3(C)N)C2CC2)cc2cc(C)nnc12. The third kappa shape index (κ3) is 4.52. The highest BCUT2D eigenvalue weighted by Gasteiger charge is 2.48. The quantitative estimate of drug-likeness (QED) is 0.321. The Labute approximate surface area is 230 Å². The van der Waals surface area contributed by atoms with E-state index in [4.69, 9.17) is 20.2 Å². The number of carbonyl (C=O) groups excluding carboxylic acids is 1. The lowest BCUT2D eigenvalue weighted by Gasteiger charge is -2.30. The van der Waals surface area contributed by atoms with Gasteiger partial charge in [0.15, 0.2) is 5.75 Å². The molecule has 2 aromatic heterocycles. The topological polar surface area (TPSA) is 132 Å². The monoisotopic (exact) mass is 543 g/mol. The second-order valence-corrected chi connectivity index (χ2v) is 10.9. The molecule has 1 aliphatic carbocycles. The van der Waals surface area contributed by atoms with E-state index in [1.807, 2.05) is 19.9 Å². The molecule has 1 fully saturated rings. The molecule has 2 aliphatic rings. The molecule has 2 aromatic carbocycles. The van der Waals surface area contributed by atoms with E-state index in [2.05, 4.69) is 15.5 Å². The summed E-state index contributed by atoms with van der Waals surface area (Å²) in [6, 6.07) is 12.9. The van der Waals surface area contributed by atoms with Crippen LogP contribution in [0.4, 0.5) is 4.39 Å². The number of hydrogen-bond acceptors (Lipinski definition) is 8. The number of nitrogens with one attached hydrogen (secondary N) is 1. The normalized spacial score (nSPS) is 19.6. The van der Waals surface area contributed by atoms with Gasteiger partial charge in [-0.15, -0.1) is 5.10 Å². The first-order chi connectivity index (χ1) is 19.1. The predicted octanol–water partition coefficient (Wildman–Crippen LogP) is 3.74. The molecule has 0 spiro atoms. The first kappa shape index (κ1) is 26.1. The zero-order valence-corrected chi connectivity index (χ0v) is 22.5. The van der Waals surface area contributed by atoms with Crippen molar-refractivity contribution in [2.75, 3.05) is 20.3 Å². The van der Waals surface area contributed by atoms with E-state index >= 15 is 0 Å². The van der Waals surface area contributed by atoms with Gasteiger partial charge in [-0.2, -0.15) is 5.10 Å². The molecule has 0 bridgehead atoms. The maximum absolute atomic E-state index is 13.7. The zero-order valence-electron chi connectivity index (χ0n) is 22.5. The summed E-state index contributed by atoms with van der Waals surface area (Å²) in [7, 11) is 1.51. The first-order valence-corrected chi connectivity index (χ1v) is 13.2. The minimum absolute atomic E-state index is 0.0682. The average Bonchev–Trinajstić information content (AvgIpc) is 3.75. The van der Waals surface area contributed by atoms with Gasteiger partial charge in [-0.25, -0.2) is 9.37 Å². The number of halogens is 1. The molecule has 1 aliphatic heterocycles. The van der Waals surface area contributed by atoms with Crippen LogP contribution >= 0.6 is 0 Å². The lowest BCUT2D eigenvalue weighted by atomic mass is 9.87. The van der Waals surface area contributed by atoms with Crippen LogP contribution in [0, 0.1) is 18.7 Å². The Hall–Kier alpha value is -4.15. The van der Waals surface area contributed by atoms with E-state index in [0.717, 1.165) is 18.2 Å². The van der Waals surface area contributed by atoms with Crippen molar-refractivity contribution in [3.05, 3.63) is 76.9 Å². The summed E-state index contributed by atoms with van der Waals surface area (Å²) in [5.41, 5.74) is 8.14. The lowest BCUT2D eigenvalue weighted by molar-refractivity contribution is 0.00947. The fraction of sp³-hybridized carbons (Fsp3) is 0.333. The molecule has 4 N–H and O–H groups in total. The van der Waals surface area contributed by atoms with Gasteiger partial charge in [-0.3, -0.25) is 4.79 Å². The van der Waals surface area contributed by atoms with Crippen LogP contribution in [0.15, 0.2) is 48.5 Å². The summed E-state index contributed by atoms with van der Waals surface area (Å²) in [5, 5.41) is 24.0. The molecule has 2 atom stereocenters. The van der Waals surface area contributed by atoms with Crippen molar-refractivity contribution in [1.29, 1.82) is 0 Å². The summed E-state index contributed by atoms with van der Waals surface area (Å²) < 4.78 is 25.1. The van der Waals surface area contributed by atoms with Crippen molar-refractivity contribution in [1.82, 2.24) is 20.5 Å². The number of amides is 1. The number of ether oxygens (including phenoxy) is 2. The molecule has 3 heterocycles. The predicted molar refractivity (Wildman–Crippen MR) is 146 cm³/mol. The number of benzene rings is 2. The number of aromatic nitrogens is 3. The molecule has 1 amide bonds. The smallest absolute Gasteiger partial charge is 0.251 e. The van der Waals surface area contributed by atoms with E-state index in [-0.39, 0.29) is 30.8 Å². The molecule has 9 nitrogen and oxygen atoms in total. The van der Waals surface area contributed by atoms with Gasteiger partial charge < -0.3 is 25.6 Å². The molecular weight excluding hydrogens is 513 g/mol. The van der Waals surface area contributed by atoms with E-state index in [0.29, 0.717) is 50.8 Å². The van der Waals surface area contributed by atoms with Crippen molar-refractivity contribution in [2.24, 2.45) is 11.7 Å². The van der Waals surface area contributed by atoms with Crippen LogP contribution in [0.1, 0.15) is 47.1 Å². The standard InChI is InChI=1S/C30H30FN5O4/c1-16-10-18-11-19(12-23(39-3)25(18)36-35-16)28(37)33-14-30(38,20-6-7-20)24-13-22-27(40-15-29(22,2)32)26(34-24)17-4-8-21(31)9-5-17/h4-5,8-13,20,38H,6-7,14-15,32H2,1-3H3,(H,33,37)/t29-,30+/m0/s1. The summed E-state index contributed by atoms with van der Waals surface area (Å²) in [4.78, 5) is 18.2. The summed E-state index contributed by atoms with van der Waals surface area (Å²) >= 11 is 0. The lowest BCUT2D eigenvalue weighted by Crippen LogP contribution is -2.43. The van der Waals surface area contributed by atoms with Gasteiger partial charge in [0.1, 0.15) is 35.0 Å². The van der Waals surface area contributed by atoms with Gasteiger partial charge in [-0.05, 0) is 81.1 Å². The number of aliphatic hydroxyl groups is 1. The number of aryl methyl sites for hydroxylation is 1.